The number of likely N-dealkylation sites (tertiary alicyclic amines) is 1. The number of ether oxygens (including phenoxy) is 1. The van der Waals surface area contributed by atoms with Crippen molar-refractivity contribution in [1.29, 1.82) is 0 Å². The smallest absolute Gasteiger partial charge is 0.261 e. The van der Waals surface area contributed by atoms with Crippen molar-refractivity contribution in [1.82, 2.24) is 9.80 Å². The minimum atomic E-state index is -0.166. The lowest BCUT2D eigenvalue weighted by Gasteiger charge is -2.34. The number of nitrogens with zero attached hydrogens (tertiary/aromatic N) is 2. The van der Waals surface area contributed by atoms with E-state index in [1.54, 1.807) is 24.3 Å². The van der Waals surface area contributed by atoms with E-state index in [1.165, 1.54) is 16.0 Å². The fourth-order valence-corrected chi connectivity index (χ4v) is 4.96. The maximum Gasteiger partial charge on any atom is 0.261 e. The van der Waals surface area contributed by atoms with Crippen molar-refractivity contribution in [2.45, 2.75) is 31.5 Å². The third-order valence-electron chi connectivity index (χ3n) is 6.80. The number of hydrogen-bond acceptors (Lipinski definition) is 4. The highest BCUT2D eigenvalue weighted by atomic mass is 16.5. The maximum atomic E-state index is 12.5. The van der Waals surface area contributed by atoms with E-state index in [2.05, 4.69) is 53.4 Å². The number of carbonyl (C=O) groups is 2. The Balaban J connectivity index is 1.12. The van der Waals surface area contributed by atoms with Gasteiger partial charge < -0.3 is 9.64 Å². The fraction of sp³-hybridized carbons (Fsp3) is 0.310. The summed E-state index contributed by atoms with van der Waals surface area (Å²) in [4.78, 5) is 28.9. The van der Waals surface area contributed by atoms with Crippen LogP contribution in [0.25, 0.3) is 0 Å². The molecule has 0 unspecified atom stereocenters. The third kappa shape index (κ3) is 4.81. The van der Waals surface area contributed by atoms with E-state index in [-0.39, 0.29) is 24.0 Å². The van der Waals surface area contributed by atoms with E-state index in [0.29, 0.717) is 17.7 Å². The molecule has 2 aliphatic rings. The first-order valence-corrected chi connectivity index (χ1v) is 12.1. The molecule has 174 valence electrons. The minimum Gasteiger partial charge on any atom is -0.365 e. The molecule has 34 heavy (non-hydrogen) atoms. The van der Waals surface area contributed by atoms with Crippen molar-refractivity contribution in [2.24, 2.45) is 0 Å². The Morgan fingerprint density at radius 2 is 1.21 bits per heavy atom. The average molecular weight is 455 g/mol. The van der Waals surface area contributed by atoms with Crippen molar-refractivity contribution in [3.63, 3.8) is 0 Å². The van der Waals surface area contributed by atoms with E-state index in [1.807, 2.05) is 12.1 Å². The summed E-state index contributed by atoms with van der Waals surface area (Å²) in [7, 11) is 0. The molecule has 0 spiro atoms. The predicted octanol–water partition coefficient (Wildman–Crippen LogP) is 4.94. The number of rotatable bonds is 8. The zero-order valence-electron chi connectivity index (χ0n) is 19.3. The molecule has 0 saturated carbocycles. The Bertz CT molecular complexity index is 1050. The molecular weight excluding hydrogens is 424 g/mol. The van der Waals surface area contributed by atoms with E-state index in [4.69, 9.17) is 4.74 Å². The van der Waals surface area contributed by atoms with Gasteiger partial charge in [0.15, 0.2) is 0 Å². The van der Waals surface area contributed by atoms with E-state index in [9.17, 15) is 9.59 Å². The summed E-state index contributed by atoms with van der Waals surface area (Å²) in [6.45, 7) is 3.26. The summed E-state index contributed by atoms with van der Waals surface area (Å²) >= 11 is 0. The quantitative estimate of drug-likeness (QED) is 0.452. The Morgan fingerprint density at radius 1 is 0.706 bits per heavy atom. The number of amides is 2. The summed E-state index contributed by atoms with van der Waals surface area (Å²) < 4.78 is 6.64. The molecule has 0 aliphatic carbocycles. The Labute approximate surface area is 201 Å². The van der Waals surface area contributed by atoms with Gasteiger partial charge in [-0.2, -0.15) is 0 Å². The van der Waals surface area contributed by atoms with Gasteiger partial charge >= 0.3 is 0 Å². The molecule has 1 fully saturated rings. The summed E-state index contributed by atoms with van der Waals surface area (Å²) in [6.07, 6.45) is 2.88. The summed E-state index contributed by atoms with van der Waals surface area (Å²) in [5, 5.41) is 0. The Hall–Kier alpha value is -3.28. The van der Waals surface area contributed by atoms with Gasteiger partial charge in [-0.15, -0.1) is 0 Å². The van der Waals surface area contributed by atoms with E-state index < -0.39 is 0 Å². The second kappa shape index (κ2) is 10.3. The largest absolute Gasteiger partial charge is 0.365 e. The molecule has 2 aliphatic heterocycles. The van der Waals surface area contributed by atoms with Crippen LogP contribution in [0.5, 0.6) is 0 Å². The molecule has 0 atom stereocenters. The van der Waals surface area contributed by atoms with E-state index in [0.717, 1.165) is 38.9 Å². The van der Waals surface area contributed by atoms with Crippen molar-refractivity contribution in [2.75, 3.05) is 26.2 Å². The summed E-state index contributed by atoms with van der Waals surface area (Å²) in [6, 6.07) is 27.9. The second-order valence-corrected chi connectivity index (χ2v) is 9.04. The number of carbonyl (C=O) groups excluding carboxylic acids is 2. The van der Waals surface area contributed by atoms with Gasteiger partial charge in [0, 0.05) is 19.6 Å². The van der Waals surface area contributed by atoms with Crippen molar-refractivity contribution in [3.8, 4) is 0 Å². The van der Waals surface area contributed by atoms with Gasteiger partial charge in [-0.25, -0.2) is 0 Å². The van der Waals surface area contributed by atoms with Gasteiger partial charge in [-0.3, -0.25) is 14.5 Å². The average Bonchev–Trinajstić information content (AvgIpc) is 3.14. The van der Waals surface area contributed by atoms with Crippen LogP contribution in [0.1, 0.15) is 57.2 Å². The molecular formula is C29H30N2O3. The Morgan fingerprint density at radius 3 is 1.74 bits per heavy atom. The molecule has 2 amide bonds. The summed E-state index contributed by atoms with van der Waals surface area (Å²) in [5.41, 5.74) is 3.41. The topological polar surface area (TPSA) is 49.9 Å². The van der Waals surface area contributed by atoms with Gasteiger partial charge in [0.05, 0.1) is 17.2 Å². The Kier molecular flexibility index (Phi) is 6.84. The third-order valence-corrected chi connectivity index (χ3v) is 6.80. The first-order valence-electron chi connectivity index (χ1n) is 12.1. The highest BCUT2D eigenvalue weighted by Crippen LogP contribution is 2.30. The predicted molar refractivity (Wildman–Crippen MR) is 132 cm³/mol. The summed E-state index contributed by atoms with van der Waals surface area (Å²) in [5.74, 6) is -0.332. The van der Waals surface area contributed by atoms with Crippen LogP contribution < -0.4 is 0 Å². The lowest BCUT2D eigenvalue weighted by atomic mass is 10.00. The first kappa shape index (κ1) is 22.5. The van der Waals surface area contributed by atoms with Gasteiger partial charge in [-0.1, -0.05) is 72.8 Å². The number of piperidine rings is 1. The molecule has 3 aromatic rings. The minimum absolute atomic E-state index is 0.0622. The van der Waals surface area contributed by atoms with Crippen LogP contribution in [-0.2, 0) is 4.74 Å². The highest BCUT2D eigenvalue weighted by molar-refractivity contribution is 6.21. The zero-order valence-corrected chi connectivity index (χ0v) is 19.3. The van der Waals surface area contributed by atoms with Gasteiger partial charge in [-0.05, 0) is 49.1 Å². The molecule has 3 aromatic carbocycles. The van der Waals surface area contributed by atoms with Crippen LogP contribution in [0.4, 0.5) is 0 Å². The fourth-order valence-electron chi connectivity index (χ4n) is 4.96. The molecule has 0 N–H and O–H groups in total. The highest BCUT2D eigenvalue weighted by Gasteiger charge is 2.34. The lowest BCUT2D eigenvalue weighted by Crippen LogP contribution is -2.39. The molecule has 2 heterocycles. The molecule has 5 heteroatoms. The van der Waals surface area contributed by atoms with Gasteiger partial charge in [0.25, 0.3) is 11.8 Å². The standard InChI is InChI=1S/C29H30N2O3/c32-28-25-14-7-8-15-26(25)29(33)31(28)19-9-18-30-20-16-24(17-21-30)34-27(22-10-3-1-4-11-22)23-12-5-2-6-13-23/h1-8,10-15,24,27H,9,16-21H2. The van der Waals surface area contributed by atoms with Gasteiger partial charge in [0.1, 0.15) is 6.10 Å². The van der Waals surface area contributed by atoms with Crippen molar-refractivity contribution >= 4 is 11.8 Å². The van der Waals surface area contributed by atoms with Crippen LogP contribution in [0.15, 0.2) is 84.9 Å². The lowest BCUT2D eigenvalue weighted by molar-refractivity contribution is -0.0271. The van der Waals surface area contributed by atoms with Crippen LogP contribution in [0.3, 0.4) is 0 Å². The van der Waals surface area contributed by atoms with Gasteiger partial charge in [0.2, 0.25) is 0 Å². The maximum absolute atomic E-state index is 12.5. The number of fused-ring (bicyclic) bond motifs is 1. The normalized spacial score (nSPS) is 16.9. The van der Waals surface area contributed by atoms with Crippen LogP contribution in [0.2, 0.25) is 0 Å². The van der Waals surface area contributed by atoms with Crippen LogP contribution in [0, 0.1) is 0 Å². The zero-order chi connectivity index (χ0) is 23.3. The molecule has 1 saturated heterocycles. The second-order valence-electron chi connectivity index (χ2n) is 9.04. The molecule has 0 aromatic heterocycles. The van der Waals surface area contributed by atoms with Crippen LogP contribution >= 0.6 is 0 Å². The SMILES string of the molecule is O=C1c2ccccc2C(=O)N1CCCN1CCC(OC(c2ccccc2)c2ccccc2)CC1. The number of benzene rings is 3. The number of imide groups is 1. The molecule has 5 rings (SSSR count). The molecule has 5 nitrogen and oxygen atoms in total. The molecule has 0 bridgehead atoms. The van der Waals surface area contributed by atoms with E-state index >= 15 is 0 Å². The molecule has 0 radical (unpaired) electrons. The monoisotopic (exact) mass is 454 g/mol. The number of hydrogen-bond donors (Lipinski definition) is 0. The van der Waals surface area contributed by atoms with Crippen molar-refractivity contribution in [3.05, 3.63) is 107 Å². The van der Waals surface area contributed by atoms with Crippen molar-refractivity contribution < 1.29 is 14.3 Å². The first-order chi connectivity index (χ1) is 16.7. The van der Waals surface area contributed by atoms with Crippen LogP contribution in [-0.4, -0.2) is 53.9 Å².